The lowest BCUT2D eigenvalue weighted by Crippen LogP contribution is -2.46. The minimum atomic E-state index is -3.51. The summed E-state index contributed by atoms with van der Waals surface area (Å²) in [5.41, 5.74) is 5.81. The Morgan fingerprint density at radius 2 is 2.10 bits per heavy atom. The van der Waals surface area contributed by atoms with E-state index in [1.54, 1.807) is 15.2 Å². The molecule has 0 spiro atoms. The van der Waals surface area contributed by atoms with E-state index >= 15 is 0 Å². The molecule has 6 nitrogen and oxygen atoms in total. The molecule has 0 aromatic carbocycles. The highest BCUT2D eigenvalue weighted by molar-refractivity contribution is 7.89. The Morgan fingerprint density at radius 1 is 1.35 bits per heavy atom. The first-order valence-corrected chi connectivity index (χ1v) is 8.83. The standard InChI is InChI=1S/C13H22N4O2S/c1-2-16-9-12(13(14)15-16)20(18,19)17-8-4-6-10-5-3-7-11(10)17/h9-11H,2-8H2,1H3,(H2,14,15). The third-order valence-corrected chi connectivity index (χ3v) is 6.55. The monoisotopic (exact) mass is 298 g/mol. The number of aromatic nitrogens is 2. The largest absolute Gasteiger partial charge is 0.381 e. The molecule has 2 N–H and O–H groups in total. The fourth-order valence-corrected chi connectivity index (χ4v) is 5.43. The Bertz CT molecular complexity index is 596. The molecule has 1 saturated heterocycles. The van der Waals surface area contributed by atoms with Gasteiger partial charge in [-0.25, -0.2) is 8.42 Å². The molecule has 20 heavy (non-hydrogen) atoms. The van der Waals surface area contributed by atoms with Gasteiger partial charge in [0.2, 0.25) is 10.0 Å². The zero-order valence-electron chi connectivity index (χ0n) is 11.8. The first-order chi connectivity index (χ1) is 9.54. The summed E-state index contributed by atoms with van der Waals surface area (Å²) in [6, 6.07) is 0.165. The summed E-state index contributed by atoms with van der Waals surface area (Å²) in [6.07, 6.45) is 6.92. The number of hydrogen-bond donors (Lipinski definition) is 1. The molecule has 1 aliphatic heterocycles. The van der Waals surface area contributed by atoms with Gasteiger partial charge in [0, 0.05) is 25.3 Å². The molecule has 2 atom stereocenters. The second-order valence-electron chi connectivity index (χ2n) is 5.75. The first-order valence-electron chi connectivity index (χ1n) is 7.39. The molecule has 112 valence electrons. The van der Waals surface area contributed by atoms with Crippen molar-refractivity contribution in [1.82, 2.24) is 14.1 Å². The molecular formula is C13H22N4O2S. The predicted molar refractivity (Wildman–Crippen MR) is 76.6 cm³/mol. The molecule has 0 radical (unpaired) electrons. The van der Waals surface area contributed by atoms with Gasteiger partial charge in [-0.15, -0.1) is 0 Å². The highest BCUT2D eigenvalue weighted by Crippen LogP contribution is 2.39. The summed E-state index contributed by atoms with van der Waals surface area (Å²) in [4.78, 5) is 0.173. The number of nitrogens with two attached hydrogens (primary N) is 1. The maximum absolute atomic E-state index is 12.9. The maximum atomic E-state index is 12.9. The van der Waals surface area contributed by atoms with Crippen LogP contribution in [0.5, 0.6) is 0 Å². The summed E-state index contributed by atoms with van der Waals surface area (Å²) < 4.78 is 29.0. The molecule has 3 rings (SSSR count). The molecule has 0 bridgehead atoms. The smallest absolute Gasteiger partial charge is 0.248 e. The van der Waals surface area contributed by atoms with E-state index in [2.05, 4.69) is 5.10 Å². The van der Waals surface area contributed by atoms with Crippen molar-refractivity contribution in [2.75, 3.05) is 12.3 Å². The van der Waals surface area contributed by atoms with Gasteiger partial charge in [0.1, 0.15) is 4.90 Å². The Hall–Kier alpha value is -1.08. The molecule has 1 aliphatic carbocycles. The van der Waals surface area contributed by atoms with Gasteiger partial charge < -0.3 is 5.73 Å². The lowest BCUT2D eigenvalue weighted by atomic mass is 9.94. The zero-order valence-corrected chi connectivity index (χ0v) is 12.6. The maximum Gasteiger partial charge on any atom is 0.248 e. The fraction of sp³-hybridized carbons (Fsp3) is 0.769. The lowest BCUT2D eigenvalue weighted by molar-refractivity contribution is 0.202. The minimum absolute atomic E-state index is 0.118. The molecule has 2 unspecified atom stereocenters. The van der Waals surface area contributed by atoms with Crippen LogP contribution in [-0.2, 0) is 16.6 Å². The van der Waals surface area contributed by atoms with Crippen LogP contribution in [0.2, 0.25) is 0 Å². The van der Waals surface area contributed by atoms with Crippen molar-refractivity contribution in [1.29, 1.82) is 0 Å². The fourth-order valence-electron chi connectivity index (χ4n) is 3.61. The van der Waals surface area contributed by atoms with Gasteiger partial charge in [-0.3, -0.25) is 4.68 Å². The Balaban J connectivity index is 1.96. The molecule has 1 saturated carbocycles. The van der Waals surface area contributed by atoms with Crippen molar-refractivity contribution in [3.05, 3.63) is 6.20 Å². The number of rotatable bonds is 3. The van der Waals surface area contributed by atoms with Crippen LogP contribution >= 0.6 is 0 Å². The Morgan fingerprint density at radius 3 is 2.80 bits per heavy atom. The van der Waals surface area contributed by atoms with Crippen molar-refractivity contribution in [3.8, 4) is 0 Å². The summed E-state index contributed by atoms with van der Waals surface area (Å²) in [5, 5.41) is 4.06. The van der Waals surface area contributed by atoms with E-state index in [0.717, 1.165) is 32.1 Å². The highest BCUT2D eigenvalue weighted by atomic mass is 32.2. The molecule has 1 aromatic rings. The van der Waals surface area contributed by atoms with Crippen LogP contribution in [0.3, 0.4) is 0 Å². The summed E-state index contributed by atoms with van der Waals surface area (Å²) in [7, 11) is -3.51. The highest BCUT2D eigenvalue weighted by Gasteiger charge is 2.42. The number of nitrogen functional groups attached to an aromatic ring is 1. The number of aryl methyl sites for hydroxylation is 1. The lowest BCUT2D eigenvalue weighted by Gasteiger charge is -2.36. The third-order valence-electron chi connectivity index (χ3n) is 4.61. The number of nitrogens with zero attached hydrogens (tertiary/aromatic N) is 3. The van der Waals surface area contributed by atoms with Crippen LogP contribution in [0.15, 0.2) is 11.1 Å². The van der Waals surface area contributed by atoms with Gasteiger partial charge in [-0.05, 0) is 38.5 Å². The van der Waals surface area contributed by atoms with Crippen LogP contribution < -0.4 is 5.73 Å². The molecule has 7 heteroatoms. The van der Waals surface area contributed by atoms with Gasteiger partial charge in [0.15, 0.2) is 5.82 Å². The van der Waals surface area contributed by atoms with Crippen LogP contribution in [0.25, 0.3) is 0 Å². The predicted octanol–water partition coefficient (Wildman–Crippen LogP) is 1.44. The van der Waals surface area contributed by atoms with Gasteiger partial charge >= 0.3 is 0 Å². The van der Waals surface area contributed by atoms with Crippen molar-refractivity contribution in [2.24, 2.45) is 5.92 Å². The van der Waals surface area contributed by atoms with Gasteiger partial charge in [0.25, 0.3) is 0 Å². The normalized spacial score (nSPS) is 27.6. The van der Waals surface area contributed by atoms with E-state index in [1.165, 1.54) is 0 Å². The van der Waals surface area contributed by atoms with Crippen molar-refractivity contribution < 1.29 is 8.42 Å². The molecule has 2 fully saturated rings. The molecular weight excluding hydrogens is 276 g/mol. The van der Waals surface area contributed by atoms with E-state index in [1.807, 2.05) is 6.92 Å². The van der Waals surface area contributed by atoms with E-state index in [0.29, 0.717) is 19.0 Å². The topological polar surface area (TPSA) is 81.2 Å². The van der Waals surface area contributed by atoms with Gasteiger partial charge in [-0.1, -0.05) is 6.42 Å². The molecule has 2 aliphatic rings. The number of sulfonamides is 1. The molecule has 1 aromatic heterocycles. The second kappa shape index (κ2) is 5.04. The first kappa shape index (κ1) is 13.9. The van der Waals surface area contributed by atoms with E-state index in [-0.39, 0.29) is 16.8 Å². The van der Waals surface area contributed by atoms with E-state index in [4.69, 9.17) is 5.73 Å². The second-order valence-corrected chi connectivity index (χ2v) is 7.61. The summed E-state index contributed by atoms with van der Waals surface area (Å²) in [6.45, 7) is 3.14. The Kier molecular flexibility index (Phi) is 3.50. The van der Waals surface area contributed by atoms with Gasteiger partial charge in [0.05, 0.1) is 0 Å². The average Bonchev–Trinajstić information content (AvgIpc) is 3.03. The van der Waals surface area contributed by atoms with Crippen LogP contribution in [0.4, 0.5) is 5.82 Å². The van der Waals surface area contributed by atoms with E-state index < -0.39 is 10.0 Å². The number of fused-ring (bicyclic) bond motifs is 1. The minimum Gasteiger partial charge on any atom is -0.381 e. The van der Waals surface area contributed by atoms with E-state index in [9.17, 15) is 8.42 Å². The van der Waals surface area contributed by atoms with Crippen molar-refractivity contribution in [2.45, 2.75) is 56.5 Å². The Labute approximate surface area is 120 Å². The van der Waals surface area contributed by atoms with Crippen LogP contribution in [-0.4, -0.2) is 35.1 Å². The SMILES string of the molecule is CCn1cc(S(=O)(=O)N2CCCC3CCCC32)c(N)n1. The van der Waals surface area contributed by atoms with Crippen molar-refractivity contribution >= 4 is 15.8 Å². The number of anilines is 1. The average molecular weight is 298 g/mol. The van der Waals surface area contributed by atoms with Gasteiger partial charge in [-0.2, -0.15) is 9.40 Å². The van der Waals surface area contributed by atoms with Crippen LogP contribution in [0.1, 0.15) is 39.0 Å². The van der Waals surface area contributed by atoms with Crippen molar-refractivity contribution in [3.63, 3.8) is 0 Å². The molecule has 2 heterocycles. The summed E-state index contributed by atoms with van der Waals surface area (Å²) >= 11 is 0. The third kappa shape index (κ3) is 2.13. The summed E-state index contributed by atoms with van der Waals surface area (Å²) in [5.74, 6) is 0.646. The quantitative estimate of drug-likeness (QED) is 0.915. The van der Waals surface area contributed by atoms with Crippen LogP contribution in [0, 0.1) is 5.92 Å². The number of piperidine rings is 1. The zero-order chi connectivity index (χ0) is 14.3. The number of hydrogen-bond acceptors (Lipinski definition) is 4. The molecule has 0 amide bonds.